The Bertz CT molecular complexity index is 445. The standard InChI is InChI=1S/C10H10BrNO4/c1-6-2-7(4-10(13)14)8(5-11)3-9(6)12(15)16/h2-3H,4-5H2,1H3,(H,13,14). The van der Waals surface area contributed by atoms with Crippen LogP contribution in [0, 0.1) is 17.0 Å². The van der Waals surface area contributed by atoms with Gasteiger partial charge in [0.15, 0.2) is 0 Å². The minimum absolute atomic E-state index is 0.0172. The second-order valence-corrected chi connectivity index (χ2v) is 3.93. The summed E-state index contributed by atoms with van der Waals surface area (Å²) in [7, 11) is 0. The zero-order valence-electron chi connectivity index (χ0n) is 8.57. The molecule has 86 valence electrons. The van der Waals surface area contributed by atoms with Crippen LogP contribution in [0.3, 0.4) is 0 Å². The molecule has 1 aromatic rings. The van der Waals surface area contributed by atoms with Crippen molar-refractivity contribution in [1.29, 1.82) is 0 Å². The summed E-state index contributed by atoms with van der Waals surface area (Å²) in [5, 5.41) is 19.8. The summed E-state index contributed by atoms with van der Waals surface area (Å²) < 4.78 is 0. The van der Waals surface area contributed by atoms with Crippen molar-refractivity contribution in [2.24, 2.45) is 0 Å². The van der Waals surface area contributed by atoms with Crippen LogP contribution in [0.15, 0.2) is 12.1 Å². The highest BCUT2D eigenvalue weighted by Gasteiger charge is 2.15. The van der Waals surface area contributed by atoms with Crippen LogP contribution in [0.25, 0.3) is 0 Å². The van der Waals surface area contributed by atoms with Crippen LogP contribution in [-0.4, -0.2) is 16.0 Å². The molecular formula is C10H10BrNO4. The van der Waals surface area contributed by atoms with Crippen molar-refractivity contribution in [2.45, 2.75) is 18.7 Å². The number of carboxylic acids is 1. The molecular weight excluding hydrogens is 278 g/mol. The van der Waals surface area contributed by atoms with Gasteiger partial charge in [-0.25, -0.2) is 0 Å². The molecule has 6 heteroatoms. The first-order valence-corrected chi connectivity index (χ1v) is 5.62. The van der Waals surface area contributed by atoms with E-state index >= 15 is 0 Å². The van der Waals surface area contributed by atoms with Crippen LogP contribution in [0.1, 0.15) is 16.7 Å². The van der Waals surface area contributed by atoms with Crippen LogP contribution < -0.4 is 0 Å². The first kappa shape index (κ1) is 12.6. The Balaban J connectivity index is 3.26. The number of alkyl halides is 1. The molecule has 0 saturated carbocycles. The highest BCUT2D eigenvalue weighted by Crippen LogP contribution is 2.25. The molecule has 0 bridgehead atoms. The Morgan fingerprint density at radius 2 is 2.12 bits per heavy atom. The predicted octanol–water partition coefficient (Wildman–Crippen LogP) is 2.43. The molecule has 0 aromatic heterocycles. The van der Waals surface area contributed by atoms with E-state index in [1.165, 1.54) is 6.07 Å². The second kappa shape index (κ2) is 5.07. The first-order valence-electron chi connectivity index (χ1n) is 4.50. The lowest BCUT2D eigenvalue weighted by Crippen LogP contribution is -2.05. The molecule has 0 atom stereocenters. The van der Waals surface area contributed by atoms with Gasteiger partial charge >= 0.3 is 5.97 Å². The van der Waals surface area contributed by atoms with Crippen LogP contribution >= 0.6 is 15.9 Å². The fraction of sp³-hybridized carbons (Fsp3) is 0.300. The van der Waals surface area contributed by atoms with Crippen LogP contribution in [0.2, 0.25) is 0 Å². The Morgan fingerprint density at radius 3 is 2.56 bits per heavy atom. The van der Waals surface area contributed by atoms with Gasteiger partial charge in [-0.15, -0.1) is 0 Å². The van der Waals surface area contributed by atoms with Crippen molar-refractivity contribution in [3.8, 4) is 0 Å². The van der Waals surface area contributed by atoms with Gasteiger partial charge in [0.25, 0.3) is 5.69 Å². The summed E-state index contributed by atoms with van der Waals surface area (Å²) in [6, 6.07) is 2.98. The number of halogens is 1. The van der Waals surface area contributed by atoms with Gasteiger partial charge in [0.05, 0.1) is 11.3 Å². The minimum atomic E-state index is -0.949. The maximum absolute atomic E-state index is 10.7. The second-order valence-electron chi connectivity index (χ2n) is 3.37. The van der Waals surface area contributed by atoms with Gasteiger partial charge in [-0.2, -0.15) is 0 Å². The number of hydrogen-bond donors (Lipinski definition) is 1. The average Bonchev–Trinajstić information content (AvgIpc) is 2.16. The Labute approximate surface area is 100 Å². The van der Waals surface area contributed by atoms with Gasteiger partial charge in [0.1, 0.15) is 0 Å². The normalized spacial score (nSPS) is 10.1. The van der Waals surface area contributed by atoms with Crippen molar-refractivity contribution in [3.63, 3.8) is 0 Å². The van der Waals surface area contributed by atoms with E-state index in [0.29, 0.717) is 22.0 Å². The van der Waals surface area contributed by atoms with E-state index in [9.17, 15) is 14.9 Å². The molecule has 0 aliphatic carbocycles. The summed E-state index contributed by atoms with van der Waals surface area (Å²) in [6.07, 6.45) is -0.125. The molecule has 1 rings (SSSR count). The van der Waals surface area contributed by atoms with E-state index < -0.39 is 10.9 Å². The number of nitro benzene ring substituents is 1. The lowest BCUT2D eigenvalue weighted by Gasteiger charge is -2.07. The van der Waals surface area contributed by atoms with Gasteiger partial charge in [0.2, 0.25) is 0 Å². The van der Waals surface area contributed by atoms with Gasteiger partial charge in [-0.1, -0.05) is 15.9 Å². The molecule has 16 heavy (non-hydrogen) atoms. The van der Waals surface area contributed by atoms with Gasteiger partial charge < -0.3 is 5.11 Å². The number of rotatable bonds is 4. The fourth-order valence-electron chi connectivity index (χ4n) is 1.45. The smallest absolute Gasteiger partial charge is 0.307 e. The van der Waals surface area contributed by atoms with Crippen molar-refractivity contribution in [1.82, 2.24) is 0 Å². The highest BCUT2D eigenvalue weighted by atomic mass is 79.9. The quantitative estimate of drug-likeness (QED) is 0.524. The number of hydrogen-bond acceptors (Lipinski definition) is 3. The largest absolute Gasteiger partial charge is 0.481 e. The number of aryl methyl sites for hydroxylation is 1. The zero-order valence-corrected chi connectivity index (χ0v) is 10.2. The fourth-order valence-corrected chi connectivity index (χ4v) is 1.97. The first-order chi connectivity index (χ1) is 7.45. The number of nitrogens with zero attached hydrogens (tertiary/aromatic N) is 1. The van der Waals surface area contributed by atoms with E-state index in [2.05, 4.69) is 15.9 Å². The Morgan fingerprint density at radius 1 is 1.50 bits per heavy atom. The number of carboxylic acid groups (broad SMARTS) is 1. The van der Waals surface area contributed by atoms with E-state index in [0.717, 1.165) is 0 Å². The molecule has 0 amide bonds. The van der Waals surface area contributed by atoms with Gasteiger partial charge in [0, 0.05) is 17.0 Å². The number of benzene rings is 1. The third-order valence-corrected chi connectivity index (χ3v) is 2.80. The third-order valence-electron chi connectivity index (χ3n) is 2.20. The molecule has 0 radical (unpaired) electrons. The zero-order chi connectivity index (χ0) is 12.3. The summed E-state index contributed by atoms with van der Waals surface area (Å²) in [4.78, 5) is 20.8. The van der Waals surface area contributed by atoms with Gasteiger partial charge in [-0.3, -0.25) is 14.9 Å². The molecule has 0 heterocycles. The maximum atomic E-state index is 10.7. The molecule has 0 aliphatic rings. The van der Waals surface area contributed by atoms with E-state index in [1.807, 2.05) is 0 Å². The summed E-state index contributed by atoms with van der Waals surface area (Å²) in [5.41, 5.74) is 1.74. The van der Waals surface area contributed by atoms with Crippen molar-refractivity contribution < 1.29 is 14.8 Å². The molecule has 1 N–H and O–H groups in total. The molecule has 0 aliphatic heterocycles. The molecule has 1 aromatic carbocycles. The summed E-state index contributed by atoms with van der Waals surface area (Å²) >= 11 is 3.19. The predicted molar refractivity (Wildman–Crippen MR) is 61.8 cm³/mol. The number of nitro groups is 1. The van der Waals surface area contributed by atoms with Crippen LogP contribution in [0.4, 0.5) is 5.69 Å². The monoisotopic (exact) mass is 287 g/mol. The lowest BCUT2D eigenvalue weighted by molar-refractivity contribution is -0.385. The maximum Gasteiger partial charge on any atom is 0.307 e. The number of aliphatic carboxylic acids is 1. The van der Waals surface area contributed by atoms with E-state index in [4.69, 9.17) is 5.11 Å². The topological polar surface area (TPSA) is 80.4 Å². The van der Waals surface area contributed by atoms with E-state index in [-0.39, 0.29) is 12.1 Å². The minimum Gasteiger partial charge on any atom is -0.481 e. The molecule has 0 saturated heterocycles. The molecule has 0 unspecified atom stereocenters. The molecule has 5 nitrogen and oxygen atoms in total. The Kier molecular flexibility index (Phi) is 4.00. The Hall–Kier alpha value is -1.43. The summed E-state index contributed by atoms with van der Waals surface area (Å²) in [5.74, 6) is -0.949. The van der Waals surface area contributed by atoms with Crippen molar-refractivity contribution in [3.05, 3.63) is 38.9 Å². The molecule has 0 fully saturated rings. The SMILES string of the molecule is Cc1cc(CC(=O)O)c(CBr)cc1[N+](=O)[O-]. The average molecular weight is 288 g/mol. The lowest BCUT2D eigenvalue weighted by atomic mass is 10.0. The number of carbonyl (C=O) groups is 1. The molecule has 0 spiro atoms. The van der Waals surface area contributed by atoms with Crippen molar-refractivity contribution in [2.75, 3.05) is 0 Å². The van der Waals surface area contributed by atoms with Crippen LogP contribution in [0.5, 0.6) is 0 Å². The van der Waals surface area contributed by atoms with Crippen molar-refractivity contribution >= 4 is 27.6 Å². The van der Waals surface area contributed by atoms with E-state index in [1.54, 1.807) is 13.0 Å². The summed E-state index contributed by atoms with van der Waals surface area (Å²) in [6.45, 7) is 1.60. The third kappa shape index (κ3) is 2.79. The highest BCUT2D eigenvalue weighted by molar-refractivity contribution is 9.08. The van der Waals surface area contributed by atoms with Crippen LogP contribution in [-0.2, 0) is 16.5 Å². The van der Waals surface area contributed by atoms with Gasteiger partial charge in [-0.05, 0) is 24.1 Å².